The summed E-state index contributed by atoms with van der Waals surface area (Å²) >= 11 is 6.37. The number of ether oxygens (including phenoxy) is 1. The first-order chi connectivity index (χ1) is 13.0. The Kier molecular flexibility index (Phi) is 4.54. The van der Waals surface area contributed by atoms with E-state index in [1.807, 2.05) is 12.1 Å². The van der Waals surface area contributed by atoms with Crippen LogP contribution in [0.15, 0.2) is 54.6 Å². The number of nitrogens with one attached hydrogen (secondary N) is 1. The fourth-order valence-electron chi connectivity index (χ4n) is 3.06. The molecule has 6 heteroatoms. The van der Waals surface area contributed by atoms with E-state index in [-0.39, 0.29) is 0 Å². The zero-order valence-corrected chi connectivity index (χ0v) is 14.8. The van der Waals surface area contributed by atoms with Gasteiger partial charge in [0.15, 0.2) is 0 Å². The summed E-state index contributed by atoms with van der Waals surface area (Å²) in [6, 6.07) is 13.9. The second-order valence-corrected chi connectivity index (χ2v) is 6.57. The Balaban J connectivity index is 1.57. The lowest BCUT2D eigenvalue weighted by Gasteiger charge is -2.10. The molecule has 1 aliphatic heterocycles. The normalized spacial score (nSPS) is 12.4. The fraction of sp³-hybridized carbons (Fsp3) is 0.0952. The topological polar surface area (TPSA) is 38.3 Å². The molecule has 3 aromatic rings. The molecule has 1 heterocycles. The van der Waals surface area contributed by atoms with Gasteiger partial charge in [0.05, 0.1) is 6.61 Å². The Labute approximate surface area is 159 Å². The van der Waals surface area contributed by atoms with Crippen molar-refractivity contribution in [2.45, 2.75) is 6.42 Å². The van der Waals surface area contributed by atoms with E-state index in [0.717, 1.165) is 41.0 Å². The van der Waals surface area contributed by atoms with Gasteiger partial charge in [-0.25, -0.2) is 8.78 Å². The van der Waals surface area contributed by atoms with Crippen LogP contribution in [0.3, 0.4) is 0 Å². The van der Waals surface area contributed by atoms with Crippen LogP contribution in [-0.4, -0.2) is 12.5 Å². The lowest BCUT2D eigenvalue weighted by Crippen LogP contribution is -2.15. The predicted octanol–water partition coefficient (Wildman–Crippen LogP) is 5.47. The number of anilines is 1. The van der Waals surface area contributed by atoms with Crippen LogP contribution >= 0.6 is 11.6 Å². The lowest BCUT2D eigenvalue weighted by atomic mass is 10.0. The molecule has 3 aromatic carbocycles. The molecule has 1 aliphatic rings. The molecule has 0 aromatic heterocycles. The molecular formula is C21H14ClF2NO2. The summed E-state index contributed by atoms with van der Waals surface area (Å²) < 4.78 is 33.0. The van der Waals surface area contributed by atoms with E-state index in [9.17, 15) is 13.6 Å². The minimum absolute atomic E-state index is 0.417. The van der Waals surface area contributed by atoms with Gasteiger partial charge in [-0.2, -0.15) is 0 Å². The molecule has 1 N–H and O–H groups in total. The minimum atomic E-state index is -0.908. The van der Waals surface area contributed by atoms with E-state index in [4.69, 9.17) is 16.3 Å². The van der Waals surface area contributed by atoms with Crippen molar-refractivity contribution < 1.29 is 18.3 Å². The molecule has 0 radical (unpaired) electrons. The number of halogens is 3. The number of hydrogen-bond acceptors (Lipinski definition) is 2. The van der Waals surface area contributed by atoms with Gasteiger partial charge in [0.2, 0.25) is 0 Å². The standard InChI is InChI=1S/C21H14ClF2NO2/c22-16-10-13-8-9-27-19(13)11-15(16)12-4-6-14(7-5-12)25-21(26)20-17(23)2-1-3-18(20)24/h1-7,10-11H,8-9H2,(H,25,26). The second kappa shape index (κ2) is 7.00. The number of benzene rings is 3. The quantitative estimate of drug-likeness (QED) is 0.649. The van der Waals surface area contributed by atoms with E-state index >= 15 is 0 Å². The van der Waals surface area contributed by atoms with Crippen LogP contribution in [0.4, 0.5) is 14.5 Å². The zero-order chi connectivity index (χ0) is 19.0. The maximum Gasteiger partial charge on any atom is 0.261 e. The number of fused-ring (bicyclic) bond motifs is 1. The van der Waals surface area contributed by atoms with Crippen molar-refractivity contribution in [3.8, 4) is 16.9 Å². The number of hydrogen-bond donors (Lipinski definition) is 1. The highest BCUT2D eigenvalue weighted by molar-refractivity contribution is 6.33. The van der Waals surface area contributed by atoms with Crippen LogP contribution < -0.4 is 10.1 Å². The van der Waals surface area contributed by atoms with E-state index in [1.165, 1.54) is 6.07 Å². The van der Waals surface area contributed by atoms with Crippen molar-refractivity contribution in [1.82, 2.24) is 0 Å². The van der Waals surface area contributed by atoms with Crippen LogP contribution in [-0.2, 0) is 6.42 Å². The Morgan fingerprint density at radius 1 is 1.04 bits per heavy atom. The second-order valence-electron chi connectivity index (χ2n) is 6.17. The van der Waals surface area contributed by atoms with Crippen LogP contribution in [0.25, 0.3) is 11.1 Å². The van der Waals surface area contributed by atoms with Crippen LogP contribution in [0, 0.1) is 11.6 Å². The van der Waals surface area contributed by atoms with Crippen molar-refractivity contribution in [2.75, 3.05) is 11.9 Å². The van der Waals surface area contributed by atoms with Crippen molar-refractivity contribution in [2.24, 2.45) is 0 Å². The van der Waals surface area contributed by atoms with E-state index in [1.54, 1.807) is 24.3 Å². The molecule has 0 fully saturated rings. The number of carbonyl (C=O) groups excluding carboxylic acids is 1. The van der Waals surface area contributed by atoms with E-state index in [0.29, 0.717) is 17.3 Å². The Hall–Kier alpha value is -2.92. The van der Waals surface area contributed by atoms with Gasteiger partial charge in [0.25, 0.3) is 5.91 Å². The molecule has 0 aliphatic carbocycles. The van der Waals surface area contributed by atoms with Crippen LogP contribution in [0.5, 0.6) is 5.75 Å². The average Bonchev–Trinajstić information content (AvgIpc) is 3.09. The molecular weight excluding hydrogens is 372 g/mol. The fourth-order valence-corrected chi connectivity index (χ4v) is 3.35. The molecule has 0 spiro atoms. The molecule has 0 unspecified atom stereocenters. The van der Waals surface area contributed by atoms with E-state index in [2.05, 4.69) is 5.32 Å². The van der Waals surface area contributed by atoms with Gasteiger partial charge >= 0.3 is 0 Å². The Morgan fingerprint density at radius 2 is 1.74 bits per heavy atom. The summed E-state index contributed by atoms with van der Waals surface area (Å²) in [6.45, 7) is 0.646. The van der Waals surface area contributed by atoms with Crippen molar-refractivity contribution in [3.05, 3.63) is 82.4 Å². The predicted molar refractivity (Wildman–Crippen MR) is 100 cm³/mol. The molecule has 0 bridgehead atoms. The third-order valence-corrected chi connectivity index (χ3v) is 4.74. The highest BCUT2D eigenvalue weighted by Gasteiger charge is 2.18. The average molecular weight is 386 g/mol. The van der Waals surface area contributed by atoms with Crippen molar-refractivity contribution >= 4 is 23.2 Å². The molecule has 0 saturated carbocycles. The van der Waals surface area contributed by atoms with Crippen LogP contribution in [0.1, 0.15) is 15.9 Å². The van der Waals surface area contributed by atoms with Crippen LogP contribution in [0.2, 0.25) is 5.02 Å². The smallest absolute Gasteiger partial charge is 0.261 e. The number of rotatable bonds is 3. The SMILES string of the molecule is O=C(Nc1ccc(-c2cc3c(cc2Cl)CCO3)cc1)c1c(F)cccc1F. The first-order valence-electron chi connectivity index (χ1n) is 8.34. The van der Waals surface area contributed by atoms with Gasteiger partial charge < -0.3 is 10.1 Å². The maximum atomic E-state index is 13.7. The lowest BCUT2D eigenvalue weighted by molar-refractivity contribution is 0.101. The molecule has 4 rings (SSSR count). The van der Waals surface area contributed by atoms with E-state index < -0.39 is 23.1 Å². The molecule has 136 valence electrons. The molecule has 0 atom stereocenters. The van der Waals surface area contributed by atoms with Gasteiger partial charge in [0, 0.05) is 22.7 Å². The summed E-state index contributed by atoms with van der Waals surface area (Å²) in [6.07, 6.45) is 0.840. The third-order valence-electron chi connectivity index (χ3n) is 4.42. The molecule has 3 nitrogen and oxygen atoms in total. The largest absolute Gasteiger partial charge is 0.493 e. The van der Waals surface area contributed by atoms with Gasteiger partial charge in [-0.15, -0.1) is 0 Å². The molecule has 1 amide bonds. The molecule has 0 saturated heterocycles. The Bertz CT molecular complexity index is 1010. The van der Waals surface area contributed by atoms with Gasteiger partial charge in [-0.1, -0.05) is 29.8 Å². The highest BCUT2D eigenvalue weighted by Crippen LogP contribution is 2.37. The monoisotopic (exact) mass is 385 g/mol. The van der Waals surface area contributed by atoms with Gasteiger partial charge in [-0.05, 0) is 47.5 Å². The minimum Gasteiger partial charge on any atom is -0.493 e. The van der Waals surface area contributed by atoms with Gasteiger partial charge in [-0.3, -0.25) is 4.79 Å². The van der Waals surface area contributed by atoms with Crippen molar-refractivity contribution in [3.63, 3.8) is 0 Å². The molecule has 27 heavy (non-hydrogen) atoms. The third kappa shape index (κ3) is 3.38. The summed E-state index contributed by atoms with van der Waals surface area (Å²) in [5.41, 5.74) is 2.54. The van der Waals surface area contributed by atoms with Gasteiger partial charge in [0.1, 0.15) is 22.9 Å². The first kappa shape index (κ1) is 17.5. The first-order valence-corrected chi connectivity index (χ1v) is 8.72. The maximum absolute atomic E-state index is 13.7. The summed E-state index contributed by atoms with van der Waals surface area (Å²) in [5.74, 6) is -1.84. The Morgan fingerprint density at radius 3 is 2.44 bits per heavy atom. The van der Waals surface area contributed by atoms with Crippen molar-refractivity contribution in [1.29, 1.82) is 0 Å². The number of amides is 1. The summed E-state index contributed by atoms with van der Waals surface area (Å²) in [5, 5.41) is 3.11. The zero-order valence-electron chi connectivity index (χ0n) is 14.1. The summed E-state index contributed by atoms with van der Waals surface area (Å²) in [7, 11) is 0. The summed E-state index contributed by atoms with van der Waals surface area (Å²) in [4.78, 5) is 12.2. The highest BCUT2D eigenvalue weighted by atomic mass is 35.5. The number of carbonyl (C=O) groups is 1.